The summed E-state index contributed by atoms with van der Waals surface area (Å²) < 4.78 is 9.90. The molecule has 0 aromatic carbocycles. The second-order valence-electron chi connectivity index (χ2n) is 5.09. The summed E-state index contributed by atoms with van der Waals surface area (Å²) in [5.41, 5.74) is -0.155. The molecule has 0 N–H and O–H groups in total. The molecule has 0 radical (unpaired) electrons. The van der Waals surface area contributed by atoms with Gasteiger partial charge in [-0.3, -0.25) is 4.79 Å². The maximum Gasteiger partial charge on any atom is 0.311 e. The maximum absolute atomic E-state index is 11.5. The van der Waals surface area contributed by atoms with E-state index in [1.807, 2.05) is 0 Å². The quantitative estimate of drug-likeness (QED) is 0.587. The summed E-state index contributed by atoms with van der Waals surface area (Å²) in [7, 11) is 1.48. The number of ether oxygens (including phenoxy) is 2. The summed E-state index contributed by atoms with van der Waals surface area (Å²) in [5, 5.41) is 0.891. The number of hydrogen-bond acceptors (Lipinski definition) is 3. The van der Waals surface area contributed by atoms with E-state index in [0.717, 1.165) is 37.8 Å². The van der Waals surface area contributed by atoms with Gasteiger partial charge in [0.2, 0.25) is 0 Å². The molecule has 0 aromatic heterocycles. The fraction of sp³-hybridized carbons (Fsp3) is 0.929. The fourth-order valence-corrected chi connectivity index (χ4v) is 3.45. The van der Waals surface area contributed by atoms with Crippen LogP contribution in [0.4, 0.5) is 0 Å². The zero-order valence-corrected chi connectivity index (χ0v) is 13.0. The Morgan fingerprint density at radius 2 is 1.78 bits per heavy atom. The van der Waals surface area contributed by atoms with Crippen LogP contribution in [0.5, 0.6) is 0 Å². The number of esters is 1. The minimum Gasteiger partial charge on any atom is -0.469 e. The van der Waals surface area contributed by atoms with Crippen LogP contribution in [-0.4, -0.2) is 31.6 Å². The van der Waals surface area contributed by atoms with Crippen molar-refractivity contribution in [2.45, 2.75) is 51.4 Å². The molecule has 1 aliphatic heterocycles. The highest BCUT2D eigenvalue weighted by Crippen LogP contribution is 2.42. The van der Waals surface area contributed by atoms with Crippen molar-refractivity contribution in [3.63, 3.8) is 0 Å². The highest BCUT2D eigenvalue weighted by molar-refractivity contribution is 9.09. The van der Waals surface area contributed by atoms with Crippen LogP contribution in [0.15, 0.2) is 0 Å². The number of hydrogen-bond donors (Lipinski definition) is 0. The van der Waals surface area contributed by atoms with Gasteiger partial charge in [0, 0.05) is 18.5 Å². The van der Waals surface area contributed by atoms with Gasteiger partial charge >= 0.3 is 5.97 Å². The molecule has 0 amide bonds. The van der Waals surface area contributed by atoms with Crippen molar-refractivity contribution in [3.8, 4) is 0 Å². The largest absolute Gasteiger partial charge is 0.469 e. The molecule has 0 aromatic rings. The monoisotopic (exact) mass is 320 g/mol. The van der Waals surface area contributed by atoms with Gasteiger partial charge < -0.3 is 9.47 Å². The van der Waals surface area contributed by atoms with Gasteiger partial charge in [0.15, 0.2) is 0 Å². The van der Waals surface area contributed by atoms with E-state index in [0.29, 0.717) is 0 Å². The van der Waals surface area contributed by atoms with Gasteiger partial charge in [-0.2, -0.15) is 0 Å². The number of alkyl halides is 1. The Balaban J connectivity index is 0.000000225. The molecular weight excluding hydrogens is 296 g/mol. The highest BCUT2D eigenvalue weighted by Gasteiger charge is 2.41. The van der Waals surface area contributed by atoms with Gasteiger partial charge in [0.25, 0.3) is 0 Å². The molecule has 106 valence electrons. The molecule has 1 saturated carbocycles. The zero-order valence-electron chi connectivity index (χ0n) is 11.4. The molecule has 2 aliphatic rings. The van der Waals surface area contributed by atoms with E-state index in [1.54, 1.807) is 0 Å². The van der Waals surface area contributed by atoms with Crippen LogP contribution in [0.2, 0.25) is 0 Å². The molecule has 0 bridgehead atoms. The normalized spacial score (nSPS) is 21.9. The summed E-state index contributed by atoms with van der Waals surface area (Å²) in [6.45, 7) is 2.00. The Morgan fingerprint density at radius 3 is 2.11 bits per heavy atom. The van der Waals surface area contributed by atoms with Crippen molar-refractivity contribution in [1.82, 2.24) is 0 Å². The van der Waals surface area contributed by atoms with Crippen LogP contribution >= 0.6 is 15.9 Å². The lowest BCUT2D eigenvalue weighted by Gasteiger charge is -2.24. The number of methoxy groups -OCH3 is 1. The van der Waals surface area contributed by atoms with Crippen LogP contribution in [0, 0.1) is 5.41 Å². The van der Waals surface area contributed by atoms with E-state index in [-0.39, 0.29) is 11.4 Å². The molecule has 2 rings (SSSR count). The molecule has 0 atom stereocenters. The molecule has 0 spiro atoms. The van der Waals surface area contributed by atoms with Crippen molar-refractivity contribution in [1.29, 1.82) is 0 Å². The van der Waals surface area contributed by atoms with Gasteiger partial charge in [0.1, 0.15) is 0 Å². The van der Waals surface area contributed by atoms with Gasteiger partial charge in [0.05, 0.1) is 12.5 Å². The second kappa shape index (κ2) is 8.92. The van der Waals surface area contributed by atoms with E-state index in [2.05, 4.69) is 15.9 Å². The van der Waals surface area contributed by atoms with Crippen LogP contribution in [0.25, 0.3) is 0 Å². The molecule has 0 unspecified atom stereocenters. The molecule has 2 fully saturated rings. The Labute approximate surface area is 119 Å². The van der Waals surface area contributed by atoms with Gasteiger partial charge in [-0.1, -0.05) is 28.8 Å². The minimum absolute atomic E-state index is 0.0144. The third-order valence-corrected chi connectivity index (χ3v) is 4.23. The first kappa shape index (κ1) is 16.0. The van der Waals surface area contributed by atoms with E-state index < -0.39 is 0 Å². The molecule has 18 heavy (non-hydrogen) atoms. The lowest BCUT2D eigenvalue weighted by atomic mass is 9.83. The molecule has 4 heteroatoms. The van der Waals surface area contributed by atoms with Crippen LogP contribution in [0.1, 0.15) is 51.4 Å². The zero-order chi connectivity index (χ0) is 13.3. The number of carbonyl (C=O) groups excluding carboxylic acids is 1. The first-order chi connectivity index (χ1) is 8.75. The Bertz CT molecular complexity index is 222. The molecular formula is C14H25BrO3. The van der Waals surface area contributed by atoms with Crippen molar-refractivity contribution in [2.24, 2.45) is 5.41 Å². The third-order valence-electron chi connectivity index (χ3n) is 3.83. The minimum atomic E-state index is -0.155. The van der Waals surface area contributed by atoms with Crippen molar-refractivity contribution in [2.75, 3.05) is 25.7 Å². The summed E-state index contributed by atoms with van der Waals surface area (Å²) in [6, 6.07) is 0. The summed E-state index contributed by atoms with van der Waals surface area (Å²) in [5.74, 6) is -0.0144. The number of carbonyl (C=O) groups is 1. The van der Waals surface area contributed by atoms with E-state index in [4.69, 9.17) is 9.47 Å². The van der Waals surface area contributed by atoms with Crippen molar-refractivity contribution < 1.29 is 14.3 Å². The Morgan fingerprint density at radius 1 is 1.17 bits per heavy atom. The first-order valence-corrected chi connectivity index (χ1v) is 8.09. The maximum atomic E-state index is 11.5. The smallest absolute Gasteiger partial charge is 0.311 e. The average Bonchev–Trinajstić information content (AvgIpc) is 2.91. The lowest BCUT2D eigenvalue weighted by molar-refractivity contribution is -0.152. The van der Waals surface area contributed by atoms with E-state index in [9.17, 15) is 4.79 Å². The average molecular weight is 321 g/mol. The molecule has 1 aliphatic carbocycles. The van der Waals surface area contributed by atoms with E-state index >= 15 is 0 Å². The fourth-order valence-electron chi connectivity index (χ4n) is 2.69. The lowest BCUT2D eigenvalue weighted by Crippen LogP contribution is -2.29. The highest BCUT2D eigenvalue weighted by atomic mass is 79.9. The van der Waals surface area contributed by atoms with Crippen molar-refractivity contribution in [3.05, 3.63) is 0 Å². The predicted molar refractivity (Wildman–Crippen MR) is 76.0 cm³/mol. The number of rotatable bonds is 3. The molecule has 1 saturated heterocycles. The number of halogens is 1. The SMILES string of the molecule is C1CCOCC1.COC(=O)C1(CCBr)CCCC1. The summed E-state index contributed by atoms with van der Waals surface area (Å²) >= 11 is 3.38. The molecule has 1 heterocycles. The van der Waals surface area contributed by atoms with E-state index in [1.165, 1.54) is 39.2 Å². The van der Waals surface area contributed by atoms with Gasteiger partial charge in [-0.05, 0) is 38.5 Å². The van der Waals surface area contributed by atoms with Crippen LogP contribution in [-0.2, 0) is 14.3 Å². The van der Waals surface area contributed by atoms with Crippen LogP contribution in [0.3, 0.4) is 0 Å². The van der Waals surface area contributed by atoms with Crippen molar-refractivity contribution >= 4 is 21.9 Å². The summed E-state index contributed by atoms with van der Waals surface area (Å²) in [4.78, 5) is 11.5. The Hall–Kier alpha value is -0.0900. The molecule has 3 nitrogen and oxygen atoms in total. The standard InChI is InChI=1S/C9H15BrO2.C5H10O/c1-12-8(11)9(6-7-10)4-2-3-5-9;1-2-4-6-5-3-1/h2-7H2,1H3;1-5H2. The van der Waals surface area contributed by atoms with Crippen LogP contribution < -0.4 is 0 Å². The summed E-state index contributed by atoms with van der Waals surface area (Å²) in [6.07, 6.45) is 9.19. The predicted octanol–water partition coefficient (Wildman–Crippen LogP) is 3.69. The van der Waals surface area contributed by atoms with Gasteiger partial charge in [-0.25, -0.2) is 0 Å². The Kier molecular flexibility index (Phi) is 7.91. The third kappa shape index (κ3) is 4.88. The second-order valence-corrected chi connectivity index (χ2v) is 5.88. The first-order valence-electron chi connectivity index (χ1n) is 6.97. The topological polar surface area (TPSA) is 35.5 Å². The van der Waals surface area contributed by atoms with Gasteiger partial charge in [-0.15, -0.1) is 0 Å².